The predicted molar refractivity (Wildman–Crippen MR) is 84.7 cm³/mol. The summed E-state index contributed by atoms with van der Waals surface area (Å²) in [5.41, 5.74) is 3.33. The molecular formula is C15H15N5S. The highest BCUT2D eigenvalue weighted by molar-refractivity contribution is 7.15. The van der Waals surface area contributed by atoms with Gasteiger partial charge in [-0.15, -0.1) is 11.3 Å². The van der Waals surface area contributed by atoms with E-state index < -0.39 is 0 Å². The van der Waals surface area contributed by atoms with Crippen LogP contribution in [0.3, 0.4) is 0 Å². The van der Waals surface area contributed by atoms with Gasteiger partial charge in [-0.3, -0.25) is 4.40 Å². The summed E-state index contributed by atoms with van der Waals surface area (Å²) in [5.74, 6) is 0. The molecule has 4 aromatic heterocycles. The van der Waals surface area contributed by atoms with Gasteiger partial charge >= 0.3 is 0 Å². The maximum Gasteiger partial charge on any atom is 0.193 e. The van der Waals surface area contributed by atoms with Crippen molar-refractivity contribution in [2.24, 2.45) is 0 Å². The van der Waals surface area contributed by atoms with Crippen LogP contribution >= 0.6 is 11.3 Å². The van der Waals surface area contributed by atoms with Crippen molar-refractivity contribution in [1.29, 1.82) is 0 Å². The molecule has 0 spiro atoms. The summed E-state index contributed by atoms with van der Waals surface area (Å²) in [6.45, 7) is 1.58. The Morgan fingerprint density at radius 3 is 3.14 bits per heavy atom. The van der Waals surface area contributed by atoms with Crippen molar-refractivity contribution in [1.82, 2.24) is 24.3 Å². The molecule has 5 nitrogen and oxygen atoms in total. The third kappa shape index (κ3) is 2.12. The average molecular weight is 297 g/mol. The van der Waals surface area contributed by atoms with Crippen LogP contribution in [0, 0.1) is 0 Å². The van der Waals surface area contributed by atoms with Gasteiger partial charge in [0, 0.05) is 42.1 Å². The number of hydrogen-bond acceptors (Lipinski definition) is 4. The Bertz CT molecular complexity index is 873. The van der Waals surface area contributed by atoms with E-state index in [1.54, 1.807) is 11.3 Å². The predicted octanol–water partition coefficient (Wildman–Crippen LogP) is 2.51. The molecule has 0 unspecified atom stereocenters. The molecule has 0 saturated carbocycles. The van der Waals surface area contributed by atoms with Crippen LogP contribution in [0.15, 0.2) is 42.3 Å². The zero-order chi connectivity index (χ0) is 14.2. The van der Waals surface area contributed by atoms with Crippen LogP contribution in [0.2, 0.25) is 0 Å². The first-order valence-corrected chi connectivity index (χ1v) is 7.71. The first-order chi connectivity index (χ1) is 10.3. The van der Waals surface area contributed by atoms with Gasteiger partial charge in [0.15, 0.2) is 4.96 Å². The first kappa shape index (κ1) is 12.6. The Balaban J connectivity index is 1.77. The summed E-state index contributed by atoms with van der Waals surface area (Å²) in [6, 6.07) is 4.11. The second-order valence-corrected chi connectivity index (χ2v) is 5.89. The fourth-order valence-corrected chi connectivity index (χ4v) is 3.39. The second kappa shape index (κ2) is 4.98. The summed E-state index contributed by atoms with van der Waals surface area (Å²) in [4.78, 5) is 10.2. The number of rotatable bonds is 4. The van der Waals surface area contributed by atoms with Crippen molar-refractivity contribution in [3.63, 3.8) is 0 Å². The lowest BCUT2D eigenvalue weighted by Gasteiger charge is -2.00. The van der Waals surface area contributed by atoms with Gasteiger partial charge in [-0.1, -0.05) is 0 Å². The molecule has 0 radical (unpaired) electrons. The van der Waals surface area contributed by atoms with Crippen molar-refractivity contribution in [2.75, 3.05) is 7.05 Å². The zero-order valence-electron chi connectivity index (χ0n) is 11.7. The van der Waals surface area contributed by atoms with Gasteiger partial charge in [0.2, 0.25) is 0 Å². The van der Waals surface area contributed by atoms with Gasteiger partial charge in [0.05, 0.1) is 12.2 Å². The first-order valence-electron chi connectivity index (χ1n) is 6.83. The monoisotopic (exact) mass is 297 g/mol. The lowest BCUT2D eigenvalue weighted by atomic mass is 10.2. The van der Waals surface area contributed by atoms with Crippen molar-refractivity contribution < 1.29 is 0 Å². The van der Waals surface area contributed by atoms with Crippen LogP contribution in [-0.2, 0) is 13.1 Å². The fraction of sp³-hybridized carbons (Fsp3) is 0.200. The molecule has 4 heterocycles. The number of aromatic nitrogens is 4. The van der Waals surface area contributed by atoms with E-state index in [9.17, 15) is 0 Å². The minimum Gasteiger partial charge on any atom is -0.326 e. The van der Waals surface area contributed by atoms with E-state index in [-0.39, 0.29) is 0 Å². The number of fused-ring (bicyclic) bond motifs is 2. The number of thiazole rings is 1. The topological polar surface area (TPSA) is 47.2 Å². The molecule has 0 aromatic carbocycles. The summed E-state index contributed by atoms with van der Waals surface area (Å²) in [6.07, 6.45) is 8.13. The van der Waals surface area contributed by atoms with Gasteiger partial charge in [-0.2, -0.15) is 0 Å². The molecule has 0 aliphatic heterocycles. The smallest absolute Gasteiger partial charge is 0.193 e. The third-order valence-electron chi connectivity index (χ3n) is 3.56. The number of nitrogens with zero attached hydrogens (tertiary/aromatic N) is 4. The molecule has 0 fully saturated rings. The van der Waals surface area contributed by atoms with Crippen LogP contribution in [0.5, 0.6) is 0 Å². The minimum absolute atomic E-state index is 0.742. The van der Waals surface area contributed by atoms with Crippen molar-refractivity contribution in [2.45, 2.75) is 13.1 Å². The highest BCUT2D eigenvalue weighted by atomic mass is 32.1. The van der Waals surface area contributed by atoms with Crippen molar-refractivity contribution in [3.8, 4) is 0 Å². The van der Waals surface area contributed by atoms with Gasteiger partial charge in [0.1, 0.15) is 5.65 Å². The van der Waals surface area contributed by atoms with Gasteiger partial charge in [-0.05, 0) is 24.7 Å². The maximum absolute atomic E-state index is 4.65. The molecule has 6 heteroatoms. The van der Waals surface area contributed by atoms with Crippen LogP contribution in [-0.4, -0.2) is 26.0 Å². The average Bonchev–Trinajstić information content (AvgIpc) is 3.15. The van der Waals surface area contributed by atoms with Crippen LogP contribution < -0.4 is 5.32 Å². The summed E-state index contributed by atoms with van der Waals surface area (Å²) < 4.78 is 4.24. The molecule has 0 saturated heterocycles. The van der Waals surface area contributed by atoms with Crippen LogP contribution in [0.25, 0.3) is 16.0 Å². The third-order valence-corrected chi connectivity index (χ3v) is 4.33. The molecule has 0 aliphatic carbocycles. The quantitative estimate of drug-likeness (QED) is 0.629. The zero-order valence-corrected chi connectivity index (χ0v) is 12.5. The van der Waals surface area contributed by atoms with E-state index in [0.717, 1.165) is 29.4 Å². The number of hydrogen-bond donors (Lipinski definition) is 1. The highest BCUT2D eigenvalue weighted by Crippen LogP contribution is 2.21. The fourth-order valence-electron chi connectivity index (χ4n) is 2.67. The standard InChI is InChI=1S/C15H15N5S/c1-16-7-11-8-20(14-13(11)3-2-4-17-14)10-12-9-19-5-6-21-15(19)18-12/h2-6,8-9,16H,7,10H2,1H3. The molecule has 0 bridgehead atoms. The number of pyridine rings is 1. The Kier molecular flexibility index (Phi) is 2.98. The van der Waals surface area contributed by atoms with E-state index in [1.165, 1.54) is 10.9 Å². The molecule has 21 heavy (non-hydrogen) atoms. The van der Waals surface area contributed by atoms with E-state index in [2.05, 4.69) is 42.7 Å². The normalized spacial score (nSPS) is 11.7. The van der Waals surface area contributed by atoms with Crippen molar-refractivity contribution >= 4 is 27.3 Å². The largest absolute Gasteiger partial charge is 0.326 e. The number of imidazole rings is 1. The lowest BCUT2D eigenvalue weighted by Crippen LogP contribution is -2.04. The van der Waals surface area contributed by atoms with Gasteiger partial charge < -0.3 is 9.88 Å². The Morgan fingerprint density at radius 2 is 2.29 bits per heavy atom. The maximum atomic E-state index is 4.65. The summed E-state index contributed by atoms with van der Waals surface area (Å²) >= 11 is 1.65. The molecule has 0 aliphatic rings. The SMILES string of the molecule is CNCc1cn(Cc2cn3ccsc3n2)c2ncccc12. The van der Waals surface area contributed by atoms with E-state index >= 15 is 0 Å². The summed E-state index contributed by atoms with van der Waals surface area (Å²) in [7, 11) is 1.96. The van der Waals surface area contributed by atoms with E-state index in [1.807, 2.05) is 30.9 Å². The Hall–Kier alpha value is -2.18. The Morgan fingerprint density at radius 1 is 1.33 bits per heavy atom. The highest BCUT2D eigenvalue weighted by Gasteiger charge is 2.10. The van der Waals surface area contributed by atoms with E-state index in [4.69, 9.17) is 0 Å². The summed E-state index contributed by atoms with van der Waals surface area (Å²) in [5, 5.41) is 6.46. The molecule has 0 atom stereocenters. The molecule has 106 valence electrons. The van der Waals surface area contributed by atoms with Gasteiger partial charge in [0.25, 0.3) is 0 Å². The molecule has 4 aromatic rings. The molecule has 1 N–H and O–H groups in total. The minimum atomic E-state index is 0.742. The van der Waals surface area contributed by atoms with Crippen LogP contribution in [0.1, 0.15) is 11.3 Å². The van der Waals surface area contributed by atoms with Gasteiger partial charge in [-0.25, -0.2) is 9.97 Å². The second-order valence-electron chi connectivity index (χ2n) is 5.01. The number of nitrogens with one attached hydrogen (secondary N) is 1. The van der Waals surface area contributed by atoms with E-state index in [0.29, 0.717) is 0 Å². The molecule has 0 amide bonds. The Labute approximate surface area is 125 Å². The lowest BCUT2D eigenvalue weighted by molar-refractivity contribution is 0.781. The molecular weight excluding hydrogens is 282 g/mol. The molecule has 4 rings (SSSR count). The van der Waals surface area contributed by atoms with Crippen LogP contribution in [0.4, 0.5) is 0 Å². The van der Waals surface area contributed by atoms with Crippen molar-refractivity contribution in [3.05, 3.63) is 53.6 Å².